The number of amides is 1. The van der Waals surface area contributed by atoms with Crippen molar-refractivity contribution in [2.75, 3.05) is 31.3 Å². The summed E-state index contributed by atoms with van der Waals surface area (Å²) >= 11 is 0. The molecule has 144 valence electrons. The number of sulfonamides is 1. The van der Waals surface area contributed by atoms with Crippen molar-refractivity contribution in [3.8, 4) is 11.5 Å². The third kappa shape index (κ3) is 4.00. The van der Waals surface area contributed by atoms with Gasteiger partial charge in [0.05, 0.1) is 25.6 Å². The summed E-state index contributed by atoms with van der Waals surface area (Å²) in [6.07, 6.45) is 0.198. The van der Waals surface area contributed by atoms with Crippen LogP contribution in [0.5, 0.6) is 11.5 Å². The van der Waals surface area contributed by atoms with E-state index in [9.17, 15) is 13.2 Å². The summed E-state index contributed by atoms with van der Waals surface area (Å²) in [5, 5.41) is 0. The lowest BCUT2D eigenvalue weighted by Gasteiger charge is -2.35. The third-order valence-electron chi connectivity index (χ3n) is 4.39. The molecule has 8 heteroatoms. The first-order valence-corrected chi connectivity index (χ1v) is 10.3. The van der Waals surface area contributed by atoms with Gasteiger partial charge in [0.15, 0.2) is 6.10 Å². The lowest BCUT2D eigenvalue weighted by molar-refractivity contribution is -0.137. The number of carbonyl (C=O) groups excluding carboxylic acids is 1. The Morgan fingerprint density at radius 1 is 1.22 bits per heavy atom. The fraction of sp³-hybridized carbons (Fsp3) is 0.316. The molecular formula is C19H22N2O5S. The fourth-order valence-corrected chi connectivity index (χ4v) is 3.97. The Labute approximate surface area is 159 Å². The average molecular weight is 390 g/mol. The summed E-state index contributed by atoms with van der Waals surface area (Å²) in [4.78, 5) is 14.4. The summed E-state index contributed by atoms with van der Waals surface area (Å²) in [6.45, 7) is 0.258. The smallest absolute Gasteiger partial charge is 0.265 e. The molecule has 0 N–H and O–H groups in total. The first kappa shape index (κ1) is 19.0. The summed E-state index contributed by atoms with van der Waals surface area (Å²) < 4.78 is 36.7. The van der Waals surface area contributed by atoms with Gasteiger partial charge in [-0.3, -0.25) is 9.10 Å². The molecule has 27 heavy (non-hydrogen) atoms. The van der Waals surface area contributed by atoms with Crippen LogP contribution in [0.15, 0.2) is 48.5 Å². The lowest BCUT2D eigenvalue weighted by Crippen LogP contribution is -2.50. The van der Waals surface area contributed by atoms with Gasteiger partial charge in [-0.25, -0.2) is 8.42 Å². The Kier molecular flexibility index (Phi) is 5.27. The number of likely N-dealkylation sites (N-methyl/N-ethyl adjacent to an activating group) is 1. The lowest BCUT2D eigenvalue weighted by atomic mass is 10.1. The third-order valence-corrected chi connectivity index (χ3v) is 5.53. The van der Waals surface area contributed by atoms with Gasteiger partial charge in [-0.2, -0.15) is 0 Å². The second-order valence-corrected chi connectivity index (χ2v) is 8.28. The average Bonchev–Trinajstić information content (AvgIpc) is 2.66. The van der Waals surface area contributed by atoms with Crippen LogP contribution in [0.3, 0.4) is 0 Å². The van der Waals surface area contributed by atoms with Crippen LogP contribution >= 0.6 is 0 Å². The van der Waals surface area contributed by atoms with Crippen molar-refractivity contribution in [1.82, 2.24) is 4.90 Å². The van der Waals surface area contributed by atoms with E-state index >= 15 is 0 Å². The first-order chi connectivity index (χ1) is 12.8. The van der Waals surface area contributed by atoms with E-state index in [2.05, 4.69) is 0 Å². The van der Waals surface area contributed by atoms with E-state index in [1.165, 1.54) is 9.21 Å². The number of methoxy groups -OCH3 is 1. The summed E-state index contributed by atoms with van der Waals surface area (Å²) in [5.74, 6) is 0.757. The molecule has 1 atom stereocenters. The highest BCUT2D eigenvalue weighted by Gasteiger charge is 2.36. The largest absolute Gasteiger partial charge is 0.496 e. The van der Waals surface area contributed by atoms with Crippen LogP contribution in [-0.2, 0) is 21.4 Å². The van der Waals surface area contributed by atoms with Gasteiger partial charge in [-0.1, -0.05) is 30.3 Å². The molecule has 1 heterocycles. The molecule has 0 aromatic heterocycles. The minimum atomic E-state index is -3.54. The normalized spacial score (nSPS) is 16.3. The second-order valence-electron chi connectivity index (χ2n) is 6.37. The molecule has 0 saturated heterocycles. The van der Waals surface area contributed by atoms with Gasteiger partial charge in [0.2, 0.25) is 10.0 Å². The standard InChI is InChI=1S/C19H22N2O5S/c1-20(12-14-8-4-6-10-16(14)25-2)19(22)18-13-21(27(3,23)24)15-9-5-7-11-17(15)26-18/h4-11,18H,12-13H2,1-3H3/t18-/m0/s1. The minimum absolute atomic E-state index is 0.0645. The topological polar surface area (TPSA) is 76.2 Å². The molecule has 1 amide bonds. The van der Waals surface area contributed by atoms with Gasteiger partial charge < -0.3 is 14.4 Å². The van der Waals surface area contributed by atoms with E-state index in [1.807, 2.05) is 24.3 Å². The summed E-state index contributed by atoms with van der Waals surface area (Å²) in [6, 6.07) is 14.2. The zero-order valence-corrected chi connectivity index (χ0v) is 16.3. The Hall–Kier alpha value is -2.74. The van der Waals surface area contributed by atoms with Crippen molar-refractivity contribution in [2.24, 2.45) is 0 Å². The van der Waals surface area contributed by atoms with E-state index in [0.29, 0.717) is 23.7 Å². The predicted octanol–water partition coefficient (Wildman–Crippen LogP) is 1.88. The van der Waals surface area contributed by atoms with E-state index in [4.69, 9.17) is 9.47 Å². The van der Waals surface area contributed by atoms with Crippen LogP contribution in [0.25, 0.3) is 0 Å². The van der Waals surface area contributed by atoms with E-state index in [-0.39, 0.29) is 12.5 Å². The van der Waals surface area contributed by atoms with Gasteiger partial charge in [-0.05, 0) is 18.2 Å². The van der Waals surface area contributed by atoms with Crippen LogP contribution < -0.4 is 13.8 Å². The van der Waals surface area contributed by atoms with Gasteiger partial charge in [-0.15, -0.1) is 0 Å². The van der Waals surface area contributed by atoms with E-state index in [0.717, 1.165) is 11.8 Å². The highest BCUT2D eigenvalue weighted by atomic mass is 32.2. The number of rotatable bonds is 5. The maximum Gasteiger partial charge on any atom is 0.265 e. The Morgan fingerprint density at radius 3 is 2.59 bits per heavy atom. The maximum absolute atomic E-state index is 12.9. The zero-order chi connectivity index (χ0) is 19.6. The number of anilines is 1. The molecule has 0 unspecified atom stereocenters. The van der Waals surface area contributed by atoms with Crippen molar-refractivity contribution in [3.05, 3.63) is 54.1 Å². The molecule has 1 aliphatic rings. The van der Waals surface area contributed by atoms with Crippen molar-refractivity contribution in [3.63, 3.8) is 0 Å². The Morgan fingerprint density at radius 2 is 1.89 bits per heavy atom. The number of carbonyl (C=O) groups is 1. The maximum atomic E-state index is 12.9. The van der Waals surface area contributed by atoms with Crippen LogP contribution in [0.2, 0.25) is 0 Å². The first-order valence-electron chi connectivity index (χ1n) is 8.41. The molecule has 7 nitrogen and oxygen atoms in total. The number of para-hydroxylation sites is 3. The predicted molar refractivity (Wildman–Crippen MR) is 103 cm³/mol. The van der Waals surface area contributed by atoms with Crippen LogP contribution in [0.1, 0.15) is 5.56 Å². The second kappa shape index (κ2) is 7.48. The van der Waals surface area contributed by atoms with E-state index in [1.54, 1.807) is 38.4 Å². The minimum Gasteiger partial charge on any atom is -0.496 e. The van der Waals surface area contributed by atoms with Crippen LogP contribution in [0.4, 0.5) is 5.69 Å². The molecule has 2 aromatic rings. The molecule has 0 spiro atoms. The van der Waals surface area contributed by atoms with Crippen molar-refractivity contribution in [2.45, 2.75) is 12.6 Å². The molecule has 2 aromatic carbocycles. The highest BCUT2D eigenvalue weighted by Crippen LogP contribution is 2.35. The van der Waals surface area contributed by atoms with Crippen LogP contribution in [-0.4, -0.2) is 52.3 Å². The molecule has 3 rings (SSSR count). The van der Waals surface area contributed by atoms with Gasteiger partial charge in [0.1, 0.15) is 11.5 Å². The molecule has 0 aliphatic carbocycles. The highest BCUT2D eigenvalue weighted by molar-refractivity contribution is 7.92. The van der Waals surface area contributed by atoms with Gasteiger partial charge in [0.25, 0.3) is 5.91 Å². The number of nitrogens with zero attached hydrogens (tertiary/aromatic N) is 2. The summed E-state index contributed by atoms with van der Waals surface area (Å²) in [7, 11) is -0.307. The van der Waals surface area contributed by atoms with Crippen molar-refractivity contribution < 1.29 is 22.7 Å². The Bertz CT molecular complexity index is 945. The van der Waals surface area contributed by atoms with Crippen LogP contribution in [0, 0.1) is 0 Å². The molecule has 0 bridgehead atoms. The number of hydrogen-bond donors (Lipinski definition) is 0. The Balaban J connectivity index is 1.83. The number of benzene rings is 2. The number of fused-ring (bicyclic) bond motifs is 1. The molecule has 1 aliphatic heterocycles. The number of hydrogen-bond acceptors (Lipinski definition) is 5. The molecule has 0 radical (unpaired) electrons. The van der Waals surface area contributed by atoms with Crippen molar-refractivity contribution in [1.29, 1.82) is 0 Å². The van der Waals surface area contributed by atoms with E-state index < -0.39 is 16.1 Å². The van der Waals surface area contributed by atoms with Gasteiger partial charge >= 0.3 is 0 Å². The number of ether oxygens (including phenoxy) is 2. The fourth-order valence-electron chi connectivity index (χ4n) is 3.06. The van der Waals surface area contributed by atoms with Gasteiger partial charge in [0, 0.05) is 19.2 Å². The quantitative estimate of drug-likeness (QED) is 0.779. The molecule has 0 fully saturated rings. The monoisotopic (exact) mass is 390 g/mol. The molecular weight excluding hydrogens is 368 g/mol. The SMILES string of the molecule is COc1ccccc1CN(C)C(=O)[C@@H]1CN(S(C)(=O)=O)c2ccccc2O1. The summed E-state index contributed by atoms with van der Waals surface area (Å²) in [5.41, 5.74) is 1.29. The zero-order valence-electron chi connectivity index (χ0n) is 15.5. The molecule has 0 saturated carbocycles. The van der Waals surface area contributed by atoms with Crippen molar-refractivity contribution >= 4 is 21.6 Å².